The quantitative estimate of drug-likeness (QED) is 0.132. The minimum atomic E-state index is -0.501. The standard InChI is InChI=1S/C36H33N5O4S2/c1-3-31(35(45)40-36-29(21-37)28-17-18-41(23(2)42)22-32(28)47-36)46-27-16-10-15-26(20-27)38-34(44)30(19-24-11-6-4-7-12-24)39-33(43)25-13-8-5-9-14-25/h4-16,19-20,31H,3,17-18,22H2,1-2H3,(H,38,44)(H,39,43)(H,40,45)/b30-19-. The van der Waals surface area contributed by atoms with Gasteiger partial charge in [-0.3, -0.25) is 19.2 Å². The molecule has 1 aliphatic heterocycles. The molecule has 0 fully saturated rings. The van der Waals surface area contributed by atoms with Crippen LogP contribution < -0.4 is 16.0 Å². The minimum Gasteiger partial charge on any atom is -0.337 e. The van der Waals surface area contributed by atoms with Crippen molar-refractivity contribution < 1.29 is 19.2 Å². The van der Waals surface area contributed by atoms with E-state index in [2.05, 4.69) is 22.0 Å². The number of nitriles is 1. The molecule has 0 aliphatic carbocycles. The van der Waals surface area contributed by atoms with Crippen molar-refractivity contribution in [2.24, 2.45) is 0 Å². The first-order valence-corrected chi connectivity index (χ1v) is 16.8. The number of anilines is 2. The number of carbonyl (C=O) groups excluding carboxylic acids is 4. The molecule has 0 saturated carbocycles. The molecule has 47 heavy (non-hydrogen) atoms. The molecule has 4 amide bonds. The Bertz CT molecular complexity index is 1870. The Hall–Kier alpha value is -5.18. The maximum atomic E-state index is 13.5. The summed E-state index contributed by atoms with van der Waals surface area (Å²) in [5.74, 6) is -1.16. The van der Waals surface area contributed by atoms with Gasteiger partial charge in [0.05, 0.1) is 17.4 Å². The van der Waals surface area contributed by atoms with Gasteiger partial charge in [-0.1, -0.05) is 61.5 Å². The fraction of sp³-hybridized carbons (Fsp3) is 0.194. The Morgan fingerprint density at radius 2 is 1.72 bits per heavy atom. The lowest BCUT2D eigenvalue weighted by Crippen LogP contribution is -2.33. The summed E-state index contributed by atoms with van der Waals surface area (Å²) in [7, 11) is 0. The second kappa shape index (κ2) is 15.4. The first-order chi connectivity index (χ1) is 22.7. The van der Waals surface area contributed by atoms with Crippen LogP contribution in [0.5, 0.6) is 0 Å². The average molecular weight is 664 g/mol. The van der Waals surface area contributed by atoms with Gasteiger partial charge in [0.15, 0.2) is 0 Å². The molecule has 0 radical (unpaired) electrons. The number of rotatable bonds is 10. The van der Waals surface area contributed by atoms with Crippen molar-refractivity contribution in [3.8, 4) is 6.07 Å². The highest BCUT2D eigenvalue weighted by atomic mass is 32.2. The average Bonchev–Trinajstić information content (AvgIpc) is 3.43. The Balaban J connectivity index is 1.29. The third-order valence-corrected chi connectivity index (χ3v) is 10.0. The molecule has 9 nitrogen and oxygen atoms in total. The Labute approximate surface area is 281 Å². The summed E-state index contributed by atoms with van der Waals surface area (Å²) in [4.78, 5) is 55.1. The number of amides is 4. The van der Waals surface area contributed by atoms with E-state index < -0.39 is 17.1 Å². The van der Waals surface area contributed by atoms with Gasteiger partial charge >= 0.3 is 0 Å². The molecule has 1 aromatic heterocycles. The molecular weight excluding hydrogens is 631 g/mol. The molecule has 3 N–H and O–H groups in total. The van der Waals surface area contributed by atoms with Crippen LogP contribution >= 0.6 is 23.1 Å². The van der Waals surface area contributed by atoms with Crippen LogP contribution in [-0.2, 0) is 27.3 Å². The summed E-state index contributed by atoms with van der Waals surface area (Å²) >= 11 is 2.69. The van der Waals surface area contributed by atoms with Gasteiger partial charge in [0.2, 0.25) is 11.8 Å². The number of thioether (sulfide) groups is 1. The van der Waals surface area contributed by atoms with Crippen LogP contribution in [0.2, 0.25) is 0 Å². The largest absolute Gasteiger partial charge is 0.337 e. The molecule has 1 atom stereocenters. The fourth-order valence-corrected chi connectivity index (χ4v) is 7.29. The van der Waals surface area contributed by atoms with Crippen LogP contribution in [0.1, 0.15) is 52.2 Å². The Morgan fingerprint density at radius 1 is 1.00 bits per heavy atom. The van der Waals surface area contributed by atoms with Crippen molar-refractivity contribution in [2.75, 3.05) is 17.2 Å². The van der Waals surface area contributed by atoms with Crippen LogP contribution in [-0.4, -0.2) is 40.3 Å². The van der Waals surface area contributed by atoms with Crippen molar-refractivity contribution in [3.63, 3.8) is 0 Å². The zero-order valence-corrected chi connectivity index (χ0v) is 27.5. The maximum absolute atomic E-state index is 13.5. The van der Waals surface area contributed by atoms with Gasteiger partial charge in [-0.2, -0.15) is 5.26 Å². The predicted molar refractivity (Wildman–Crippen MR) is 186 cm³/mol. The van der Waals surface area contributed by atoms with Crippen LogP contribution in [0.3, 0.4) is 0 Å². The van der Waals surface area contributed by atoms with Crippen LogP contribution in [0, 0.1) is 11.3 Å². The lowest BCUT2D eigenvalue weighted by molar-refractivity contribution is -0.129. The normalized spacial score (nSPS) is 13.1. The molecule has 1 aliphatic rings. The van der Waals surface area contributed by atoms with Crippen LogP contribution in [0.25, 0.3) is 6.08 Å². The number of hydrogen-bond donors (Lipinski definition) is 3. The molecule has 2 heterocycles. The van der Waals surface area contributed by atoms with Gasteiger partial charge < -0.3 is 20.9 Å². The summed E-state index contributed by atoms with van der Waals surface area (Å²) in [5.41, 5.74) is 3.10. The highest BCUT2D eigenvalue weighted by Gasteiger charge is 2.28. The van der Waals surface area contributed by atoms with Gasteiger partial charge in [0, 0.05) is 34.5 Å². The van der Waals surface area contributed by atoms with E-state index in [0.29, 0.717) is 47.7 Å². The lowest BCUT2D eigenvalue weighted by atomic mass is 10.0. The van der Waals surface area contributed by atoms with E-state index in [4.69, 9.17) is 0 Å². The first-order valence-electron chi connectivity index (χ1n) is 15.1. The lowest BCUT2D eigenvalue weighted by Gasteiger charge is -2.25. The molecule has 4 aromatic rings. The van der Waals surface area contributed by atoms with E-state index in [0.717, 1.165) is 20.9 Å². The van der Waals surface area contributed by atoms with Gasteiger partial charge in [-0.25, -0.2) is 0 Å². The summed E-state index contributed by atoms with van der Waals surface area (Å²) in [6.07, 6.45) is 2.71. The molecule has 238 valence electrons. The van der Waals surface area contributed by atoms with Crippen molar-refractivity contribution in [3.05, 3.63) is 118 Å². The fourth-order valence-electron chi connectivity index (χ4n) is 5.06. The third kappa shape index (κ3) is 8.35. The molecule has 3 aromatic carbocycles. The number of benzene rings is 3. The first kappa shape index (κ1) is 33.2. The van der Waals surface area contributed by atoms with Gasteiger partial charge in [-0.15, -0.1) is 23.1 Å². The van der Waals surface area contributed by atoms with E-state index in [9.17, 15) is 24.4 Å². The van der Waals surface area contributed by atoms with Crippen molar-refractivity contribution in [1.82, 2.24) is 10.2 Å². The predicted octanol–water partition coefficient (Wildman–Crippen LogP) is 6.44. The monoisotopic (exact) mass is 663 g/mol. The highest BCUT2D eigenvalue weighted by molar-refractivity contribution is 8.00. The topological polar surface area (TPSA) is 131 Å². The Kier molecular flexibility index (Phi) is 10.9. The molecule has 0 spiro atoms. The van der Waals surface area contributed by atoms with Crippen LogP contribution in [0.4, 0.5) is 10.7 Å². The highest BCUT2D eigenvalue weighted by Crippen LogP contribution is 2.37. The second-order valence-corrected chi connectivity index (χ2v) is 13.2. The second-order valence-electron chi connectivity index (χ2n) is 10.8. The zero-order chi connectivity index (χ0) is 33.3. The van der Waals surface area contributed by atoms with Crippen molar-refractivity contribution >= 4 is 63.5 Å². The minimum absolute atomic E-state index is 0.0191. The zero-order valence-electron chi connectivity index (χ0n) is 25.9. The number of thiophene rings is 1. The molecule has 5 rings (SSSR count). The van der Waals surface area contributed by atoms with Gasteiger partial charge in [-0.05, 0) is 60.4 Å². The number of carbonyl (C=O) groups is 4. The van der Waals surface area contributed by atoms with Crippen molar-refractivity contribution in [2.45, 2.75) is 43.4 Å². The number of nitrogens with zero attached hydrogens (tertiary/aromatic N) is 2. The SMILES string of the molecule is CCC(Sc1cccc(NC(=O)/C(=C/c2ccccc2)NC(=O)c2ccccc2)c1)C(=O)Nc1sc2c(c1C#N)CCN(C(C)=O)C2. The van der Waals surface area contributed by atoms with Gasteiger partial charge in [0.1, 0.15) is 16.8 Å². The molecule has 0 bridgehead atoms. The maximum Gasteiger partial charge on any atom is 0.272 e. The number of hydrogen-bond acceptors (Lipinski definition) is 7. The van der Waals surface area contributed by atoms with Gasteiger partial charge in [0.25, 0.3) is 11.8 Å². The van der Waals surface area contributed by atoms with Crippen LogP contribution in [0.15, 0.2) is 95.5 Å². The summed E-state index contributed by atoms with van der Waals surface area (Å²) in [5, 5.41) is 18.5. The third-order valence-electron chi connectivity index (χ3n) is 7.52. The summed E-state index contributed by atoms with van der Waals surface area (Å²) in [6.45, 7) is 4.42. The smallest absolute Gasteiger partial charge is 0.272 e. The van der Waals surface area contributed by atoms with E-state index >= 15 is 0 Å². The summed E-state index contributed by atoms with van der Waals surface area (Å²) < 4.78 is 0. The van der Waals surface area contributed by atoms with E-state index in [1.807, 2.05) is 49.4 Å². The molecule has 0 saturated heterocycles. The van der Waals surface area contributed by atoms with Crippen molar-refractivity contribution in [1.29, 1.82) is 5.26 Å². The molecule has 11 heteroatoms. The van der Waals surface area contributed by atoms with E-state index in [1.165, 1.54) is 30.0 Å². The molecule has 1 unspecified atom stereocenters. The van der Waals surface area contributed by atoms with E-state index in [-0.39, 0.29) is 17.5 Å². The summed E-state index contributed by atoms with van der Waals surface area (Å²) in [6, 6.07) is 27.3. The Morgan fingerprint density at radius 3 is 2.40 bits per heavy atom. The molecular formula is C36H33N5O4S2. The number of fused-ring (bicyclic) bond motifs is 1. The number of nitrogens with one attached hydrogen (secondary N) is 3. The van der Waals surface area contributed by atoms with E-state index in [1.54, 1.807) is 53.4 Å².